The van der Waals surface area contributed by atoms with Gasteiger partial charge in [0.2, 0.25) is 0 Å². The average molecular weight is 256 g/mol. The van der Waals surface area contributed by atoms with Crippen LogP contribution in [0.2, 0.25) is 5.02 Å². The highest BCUT2D eigenvalue weighted by Gasteiger charge is 2.28. The number of rotatable bonds is 2. The van der Waals surface area contributed by atoms with Crippen LogP contribution in [0.3, 0.4) is 0 Å². The van der Waals surface area contributed by atoms with Crippen molar-refractivity contribution in [3.05, 3.63) is 28.8 Å². The maximum Gasteiger partial charge on any atom is 0.0801 e. The van der Waals surface area contributed by atoms with Crippen LogP contribution in [0.15, 0.2) is 18.2 Å². The lowest BCUT2D eigenvalue weighted by atomic mass is 10.1. The van der Waals surface area contributed by atoms with Crippen molar-refractivity contribution in [2.24, 2.45) is 0 Å². The second-order valence-electron chi connectivity index (χ2n) is 4.93. The quantitative estimate of drug-likeness (QED) is 0.881. The van der Waals surface area contributed by atoms with E-state index >= 15 is 0 Å². The van der Waals surface area contributed by atoms with Crippen molar-refractivity contribution in [2.75, 3.05) is 24.6 Å². The maximum atomic E-state index is 9.42. The van der Waals surface area contributed by atoms with Crippen molar-refractivity contribution in [1.29, 1.82) is 0 Å². The van der Waals surface area contributed by atoms with Crippen molar-refractivity contribution in [3.8, 4) is 0 Å². The van der Waals surface area contributed by atoms with Gasteiger partial charge in [-0.1, -0.05) is 17.7 Å². The third kappa shape index (κ3) is 2.73. The number of benzene rings is 1. The third-order valence-corrected chi connectivity index (χ3v) is 3.37. The lowest BCUT2D eigenvalue weighted by molar-refractivity contribution is -0.0277. The number of morpholine rings is 1. The minimum atomic E-state index is -0.159. The summed E-state index contributed by atoms with van der Waals surface area (Å²) in [6, 6.07) is 5.72. The van der Waals surface area contributed by atoms with E-state index in [4.69, 9.17) is 16.3 Å². The van der Waals surface area contributed by atoms with Crippen molar-refractivity contribution in [2.45, 2.75) is 26.1 Å². The van der Waals surface area contributed by atoms with Crippen molar-refractivity contribution >= 4 is 17.3 Å². The lowest BCUT2D eigenvalue weighted by Gasteiger charge is -2.40. The molecule has 0 atom stereocenters. The van der Waals surface area contributed by atoms with Gasteiger partial charge in [0.15, 0.2) is 0 Å². The number of aliphatic hydroxyl groups is 1. The molecule has 94 valence electrons. The molecular weight excluding hydrogens is 238 g/mol. The first-order chi connectivity index (χ1) is 8.03. The van der Waals surface area contributed by atoms with Crippen molar-refractivity contribution in [3.63, 3.8) is 0 Å². The summed E-state index contributed by atoms with van der Waals surface area (Å²) in [7, 11) is 0. The van der Waals surface area contributed by atoms with Crippen molar-refractivity contribution < 1.29 is 9.84 Å². The summed E-state index contributed by atoms with van der Waals surface area (Å²) in [5.74, 6) is 0. The summed E-state index contributed by atoms with van der Waals surface area (Å²) in [6.45, 7) is 6.44. The molecule has 0 aromatic heterocycles. The van der Waals surface area contributed by atoms with E-state index in [-0.39, 0.29) is 12.2 Å². The first kappa shape index (κ1) is 12.7. The minimum absolute atomic E-state index is 0.0349. The fraction of sp³-hybridized carbons (Fsp3) is 0.538. The van der Waals surface area contributed by atoms with E-state index in [0.717, 1.165) is 24.3 Å². The Balaban J connectivity index is 2.30. The van der Waals surface area contributed by atoms with Crippen LogP contribution in [-0.4, -0.2) is 30.4 Å². The molecule has 4 heteroatoms. The number of hydrogen-bond acceptors (Lipinski definition) is 3. The van der Waals surface area contributed by atoms with Crippen LogP contribution >= 0.6 is 11.6 Å². The topological polar surface area (TPSA) is 32.7 Å². The monoisotopic (exact) mass is 255 g/mol. The Kier molecular flexibility index (Phi) is 3.61. The number of aliphatic hydroxyl groups excluding tert-OH is 1. The zero-order valence-electron chi connectivity index (χ0n) is 10.2. The Morgan fingerprint density at radius 1 is 1.47 bits per heavy atom. The fourth-order valence-electron chi connectivity index (χ4n) is 2.22. The van der Waals surface area contributed by atoms with Gasteiger partial charge in [-0.25, -0.2) is 0 Å². The molecule has 0 aliphatic carbocycles. The Bertz CT molecular complexity index is 406. The van der Waals surface area contributed by atoms with E-state index in [9.17, 15) is 5.11 Å². The number of ether oxygens (including phenoxy) is 1. The largest absolute Gasteiger partial charge is 0.392 e. The van der Waals surface area contributed by atoms with E-state index in [1.165, 1.54) is 0 Å². The average Bonchev–Trinajstić information content (AvgIpc) is 2.27. The fourth-order valence-corrected chi connectivity index (χ4v) is 2.45. The molecule has 1 aromatic rings. The number of halogens is 1. The molecule has 0 saturated carbocycles. The van der Waals surface area contributed by atoms with Crippen LogP contribution in [0.4, 0.5) is 5.69 Å². The summed E-state index contributed by atoms with van der Waals surface area (Å²) in [5, 5.41) is 10.0. The minimum Gasteiger partial charge on any atom is -0.392 e. The summed E-state index contributed by atoms with van der Waals surface area (Å²) >= 11 is 6.10. The van der Waals surface area contributed by atoms with Crippen LogP contribution < -0.4 is 4.90 Å². The molecule has 1 fully saturated rings. The van der Waals surface area contributed by atoms with E-state index in [1.807, 2.05) is 18.2 Å². The smallest absolute Gasteiger partial charge is 0.0801 e. The molecule has 3 nitrogen and oxygen atoms in total. The molecule has 2 rings (SSSR count). The van der Waals surface area contributed by atoms with E-state index in [1.54, 1.807) is 0 Å². The highest BCUT2D eigenvalue weighted by atomic mass is 35.5. The van der Waals surface area contributed by atoms with Crippen molar-refractivity contribution in [1.82, 2.24) is 0 Å². The first-order valence-corrected chi connectivity index (χ1v) is 6.18. The molecular formula is C13H18ClNO2. The van der Waals surface area contributed by atoms with E-state index < -0.39 is 0 Å². The van der Waals surface area contributed by atoms with Gasteiger partial charge in [-0.3, -0.25) is 0 Å². The first-order valence-electron chi connectivity index (χ1n) is 5.81. The van der Waals surface area contributed by atoms with Gasteiger partial charge in [0.1, 0.15) is 0 Å². The van der Waals surface area contributed by atoms with Gasteiger partial charge in [0.25, 0.3) is 0 Å². The molecule has 0 spiro atoms. The predicted molar refractivity (Wildman–Crippen MR) is 69.6 cm³/mol. The van der Waals surface area contributed by atoms with Gasteiger partial charge >= 0.3 is 0 Å². The molecule has 1 aromatic carbocycles. The van der Waals surface area contributed by atoms with Gasteiger partial charge in [0, 0.05) is 29.4 Å². The standard InChI is InChI=1S/C13H18ClNO2/c1-13(2)9-15(6-7-17-13)12-5-3-4-11(14)10(12)8-16/h3-5,16H,6-9H2,1-2H3. The second kappa shape index (κ2) is 4.84. The predicted octanol–water partition coefficient (Wildman–Crippen LogP) is 2.45. The highest BCUT2D eigenvalue weighted by molar-refractivity contribution is 6.31. The van der Waals surface area contributed by atoms with Gasteiger partial charge in [-0.15, -0.1) is 0 Å². The Morgan fingerprint density at radius 3 is 2.88 bits per heavy atom. The lowest BCUT2D eigenvalue weighted by Crippen LogP contribution is -2.48. The zero-order chi connectivity index (χ0) is 12.5. The maximum absolute atomic E-state index is 9.42. The number of hydrogen-bond donors (Lipinski definition) is 1. The molecule has 1 aliphatic heterocycles. The molecule has 0 bridgehead atoms. The normalized spacial score (nSPS) is 19.4. The SMILES string of the molecule is CC1(C)CN(c2cccc(Cl)c2CO)CCO1. The van der Waals surface area contributed by atoms with Gasteiger partial charge in [-0.2, -0.15) is 0 Å². The summed E-state index contributed by atoms with van der Waals surface area (Å²) in [4.78, 5) is 2.22. The summed E-state index contributed by atoms with van der Waals surface area (Å²) in [5.41, 5.74) is 1.65. The molecule has 1 N–H and O–H groups in total. The second-order valence-corrected chi connectivity index (χ2v) is 5.33. The molecule has 0 amide bonds. The Labute approximate surface area is 107 Å². The molecule has 0 unspecified atom stereocenters. The molecule has 17 heavy (non-hydrogen) atoms. The Morgan fingerprint density at radius 2 is 2.24 bits per heavy atom. The van der Waals surface area contributed by atoms with E-state index in [0.29, 0.717) is 11.6 Å². The molecule has 1 heterocycles. The van der Waals surface area contributed by atoms with Crippen LogP contribution in [0, 0.1) is 0 Å². The Hall–Kier alpha value is -0.770. The van der Waals surface area contributed by atoms with Gasteiger partial charge in [0.05, 0.1) is 18.8 Å². The van der Waals surface area contributed by atoms with Crippen LogP contribution in [0.5, 0.6) is 0 Å². The van der Waals surface area contributed by atoms with Gasteiger partial charge in [-0.05, 0) is 26.0 Å². The highest BCUT2D eigenvalue weighted by Crippen LogP contribution is 2.30. The number of anilines is 1. The number of nitrogens with zero attached hydrogens (tertiary/aromatic N) is 1. The molecule has 0 radical (unpaired) electrons. The molecule has 1 aliphatic rings. The third-order valence-electron chi connectivity index (χ3n) is 3.02. The molecule has 1 saturated heterocycles. The van der Waals surface area contributed by atoms with Crippen LogP contribution in [0.25, 0.3) is 0 Å². The zero-order valence-corrected chi connectivity index (χ0v) is 11.0. The van der Waals surface area contributed by atoms with E-state index in [2.05, 4.69) is 18.7 Å². The van der Waals surface area contributed by atoms with Crippen LogP contribution in [-0.2, 0) is 11.3 Å². The summed E-state index contributed by atoms with van der Waals surface area (Å²) in [6.07, 6.45) is 0. The summed E-state index contributed by atoms with van der Waals surface area (Å²) < 4.78 is 5.68. The van der Waals surface area contributed by atoms with Gasteiger partial charge < -0.3 is 14.7 Å². The van der Waals surface area contributed by atoms with Crippen LogP contribution in [0.1, 0.15) is 19.4 Å².